The van der Waals surface area contributed by atoms with Crippen molar-refractivity contribution in [1.29, 1.82) is 0 Å². The van der Waals surface area contributed by atoms with Gasteiger partial charge in [0.1, 0.15) is 0 Å². The molecule has 2 nitrogen and oxygen atoms in total. The molecule has 8 aromatic rings. The highest BCUT2D eigenvalue weighted by atomic mass is 15.1. The molecule has 0 saturated carbocycles. The van der Waals surface area contributed by atoms with Crippen molar-refractivity contribution in [2.75, 3.05) is 4.81 Å². The maximum Gasteiger partial charge on any atom is 0.333 e. The van der Waals surface area contributed by atoms with E-state index >= 15 is 0 Å². The summed E-state index contributed by atoms with van der Waals surface area (Å²) in [4.78, 5) is 2.73. The molecule has 1 aromatic heterocycles. The van der Waals surface area contributed by atoms with Crippen LogP contribution >= 0.6 is 0 Å². The molecule has 2 aliphatic heterocycles. The molecule has 0 radical (unpaired) electrons. The molecule has 1 aliphatic carbocycles. The SMILES string of the molecule is Cc1ccccc1N1B2c3c(cc4ccccc4c3-n3c4ccccc4c4cccc2c43)-c2ccc3c(c21)C(C)(C)c1ccccc1-3. The summed E-state index contributed by atoms with van der Waals surface area (Å²) in [5.41, 5.74) is 18.6. The number of hydrogen-bond donors (Lipinski definition) is 0. The van der Waals surface area contributed by atoms with Gasteiger partial charge in [-0.1, -0.05) is 129 Å². The van der Waals surface area contributed by atoms with Crippen molar-refractivity contribution in [2.45, 2.75) is 26.2 Å². The van der Waals surface area contributed by atoms with Gasteiger partial charge in [-0.2, -0.15) is 0 Å². The van der Waals surface area contributed by atoms with Crippen LogP contribution in [0.25, 0.3) is 60.5 Å². The number of rotatable bonds is 1. The second-order valence-corrected chi connectivity index (χ2v) is 14.1. The maximum absolute atomic E-state index is 2.73. The number of para-hydroxylation sites is 3. The van der Waals surface area contributed by atoms with Crippen molar-refractivity contribution in [3.05, 3.63) is 150 Å². The number of fused-ring (bicyclic) bond motifs is 13. The first-order valence-corrected chi connectivity index (χ1v) is 16.7. The Morgan fingerprint density at radius 2 is 1.30 bits per heavy atom. The van der Waals surface area contributed by atoms with Crippen LogP contribution in [0.1, 0.15) is 30.5 Å². The van der Waals surface area contributed by atoms with Crippen molar-refractivity contribution in [3.63, 3.8) is 0 Å². The molecule has 0 bridgehead atoms. The van der Waals surface area contributed by atoms with E-state index in [0.717, 1.165) is 0 Å². The van der Waals surface area contributed by atoms with Gasteiger partial charge < -0.3 is 9.38 Å². The molecular weight excluding hydrogens is 567 g/mol. The van der Waals surface area contributed by atoms with Gasteiger partial charge in [0.05, 0.1) is 16.7 Å². The van der Waals surface area contributed by atoms with E-state index in [1.165, 1.54) is 99.5 Å². The molecule has 0 fully saturated rings. The summed E-state index contributed by atoms with van der Waals surface area (Å²) in [6.07, 6.45) is 0. The molecule has 0 amide bonds. The maximum atomic E-state index is 2.73. The minimum Gasteiger partial charge on any atom is -0.376 e. The standard InChI is InChI=1S/C44H31BN2/c1-26-13-4-10-21-37(26)47-42-33(24-23-31-29-16-7-9-19-35(29)44(2,3)39(31)42)34-25-27-14-5-6-15-28(27)43-40(34)45(47)36-20-12-18-32-30-17-8-11-22-38(30)46(43)41(32)36/h4-25H,1-3H3. The van der Waals surface area contributed by atoms with Crippen LogP contribution < -0.4 is 15.7 Å². The summed E-state index contributed by atoms with van der Waals surface area (Å²) in [7, 11) is 0. The van der Waals surface area contributed by atoms with Crippen molar-refractivity contribution in [2.24, 2.45) is 0 Å². The lowest BCUT2D eigenvalue weighted by Crippen LogP contribution is -2.61. The third-order valence-electron chi connectivity index (χ3n) is 11.4. The van der Waals surface area contributed by atoms with E-state index in [2.05, 4.69) is 164 Å². The van der Waals surface area contributed by atoms with Gasteiger partial charge in [0.15, 0.2) is 0 Å². The van der Waals surface area contributed by atoms with Crippen LogP contribution in [0.2, 0.25) is 0 Å². The van der Waals surface area contributed by atoms with E-state index in [-0.39, 0.29) is 12.3 Å². The van der Waals surface area contributed by atoms with Crippen LogP contribution in [-0.2, 0) is 5.41 Å². The van der Waals surface area contributed by atoms with Crippen molar-refractivity contribution in [3.8, 4) is 27.9 Å². The van der Waals surface area contributed by atoms with Crippen LogP contribution in [0, 0.1) is 6.92 Å². The zero-order valence-corrected chi connectivity index (χ0v) is 26.7. The molecule has 0 saturated heterocycles. The third kappa shape index (κ3) is 2.99. The zero-order chi connectivity index (χ0) is 31.2. The highest BCUT2D eigenvalue weighted by molar-refractivity contribution is 6.94. The summed E-state index contributed by atoms with van der Waals surface area (Å²) in [5, 5.41) is 5.21. The Morgan fingerprint density at radius 3 is 2.19 bits per heavy atom. The van der Waals surface area contributed by atoms with Crippen molar-refractivity contribution in [1.82, 2.24) is 4.57 Å². The fourth-order valence-corrected chi connectivity index (χ4v) is 9.54. The van der Waals surface area contributed by atoms with Gasteiger partial charge in [-0.15, -0.1) is 0 Å². The molecule has 3 heterocycles. The topological polar surface area (TPSA) is 8.17 Å². The van der Waals surface area contributed by atoms with E-state index in [1.54, 1.807) is 0 Å². The Labute approximate surface area is 274 Å². The molecule has 0 spiro atoms. The first-order chi connectivity index (χ1) is 23.0. The summed E-state index contributed by atoms with van der Waals surface area (Å²) in [6.45, 7) is 7.13. The van der Waals surface area contributed by atoms with Gasteiger partial charge >= 0.3 is 6.85 Å². The molecule has 7 aromatic carbocycles. The highest BCUT2D eigenvalue weighted by Crippen LogP contribution is 2.57. The quantitative estimate of drug-likeness (QED) is 0.171. The molecule has 3 aliphatic rings. The molecule has 0 N–H and O–H groups in total. The molecule has 0 unspecified atom stereocenters. The van der Waals surface area contributed by atoms with Crippen LogP contribution in [0.15, 0.2) is 133 Å². The van der Waals surface area contributed by atoms with Gasteiger partial charge in [0.25, 0.3) is 0 Å². The number of anilines is 2. The second kappa shape index (κ2) is 8.63. The van der Waals surface area contributed by atoms with Crippen molar-refractivity contribution < 1.29 is 0 Å². The monoisotopic (exact) mass is 598 g/mol. The minimum absolute atomic E-state index is 0.00438. The minimum atomic E-state index is -0.162. The summed E-state index contributed by atoms with van der Waals surface area (Å²) in [5.74, 6) is 0. The van der Waals surface area contributed by atoms with E-state index in [0.29, 0.717) is 0 Å². The molecule has 47 heavy (non-hydrogen) atoms. The van der Waals surface area contributed by atoms with E-state index < -0.39 is 0 Å². The zero-order valence-electron chi connectivity index (χ0n) is 26.7. The van der Waals surface area contributed by atoms with Crippen LogP contribution in [0.3, 0.4) is 0 Å². The van der Waals surface area contributed by atoms with E-state index in [9.17, 15) is 0 Å². The predicted octanol–water partition coefficient (Wildman–Crippen LogP) is 9.79. The Hall–Kier alpha value is -5.54. The van der Waals surface area contributed by atoms with Crippen LogP contribution in [0.4, 0.5) is 11.4 Å². The number of benzene rings is 7. The van der Waals surface area contributed by atoms with Crippen LogP contribution in [-0.4, -0.2) is 11.4 Å². The normalized spacial score (nSPS) is 14.8. The molecule has 0 atom stereocenters. The number of nitrogens with zero attached hydrogens (tertiary/aromatic N) is 2. The summed E-state index contributed by atoms with van der Waals surface area (Å²) >= 11 is 0. The fourth-order valence-electron chi connectivity index (χ4n) is 9.54. The second-order valence-electron chi connectivity index (χ2n) is 14.1. The van der Waals surface area contributed by atoms with Gasteiger partial charge in [-0.3, -0.25) is 0 Å². The van der Waals surface area contributed by atoms with Gasteiger partial charge in [0.2, 0.25) is 0 Å². The first-order valence-electron chi connectivity index (χ1n) is 16.7. The third-order valence-corrected chi connectivity index (χ3v) is 11.4. The number of hydrogen-bond acceptors (Lipinski definition) is 1. The Kier molecular flexibility index (Phi) is 4.71. The lowest BCUT2D eigenvalue weighted by molar-refractivity contribution is 0.661. The average Bonchev–Trinajstić information content (AvgIpc) is 3.56. The predicted molar refractivity (Wildman–Crippen MR) is 200 cm³/mol. The van der Waals surface area contributed by atoms with E-state index in [4.69, 9.17) is 0 Å². The lowest BCUT2D eigenvalue weighted by Gasteiger charge is -2.45. The number of aromatic nitrogens is 1. The summed E-state index contributed by atoms with van der Waals surface area (Å²) in [6, 6.07) is 50.3. The first kappa shape index (κ1) is 25.6. The van der Waals surface area contributed by atoms with Crippen molar-refractivity contribution >= 4 is 61.7 Å². The highest BCUT2D eigenvalue weighted by Gasteiger charge is 2.48. The largest absolute Gasteiger partial charge is 0.376 e. The molecular formula is C44H31BN2. The average molecular weight is 599 g/mol. The Balaban J connectivity index is 1.39. The van der Waals surface area contributed by atoms with Gasteiger partial charge in [0, 0.05) is 38.5 Å². The lowest BCUT2D eigenvalue weighted by atomic mass is 9.43. The van der Waals surface area contributed by atoms with E-state index in [1.807, 2.05) is 0 Å². The van der Waals surface area contributed by atoms with Gasteiger partial charge in [-0.05, 0) is 74.8 Å². The van der Waals surface area contributed by atoms with Gasteiger partial charge in [-0.25, -0.2) is 0 Å². The Morgan fingerprint density at radius 1 is 0.574 bits per heavy atom. The smallest absolute Gasteiger partial charge is 0.333 e. The molecule has 11 rings (SSSR count). The Bertz CT molecular complexity index is 2690. The molecule has 220 valence electrons. The molecule has 3 heteroatoms. The number of aryl methyl sites for hydroxylation is 1. The van der Waals surface area contributed by atoms with Crippen LogP contribution in [0.5, 0.6) is 0 Å². The summed E-state index contributed by atoms with van der Waals surface area (Å²) < 4.78 is 2.59. The fraction of sp³-hybridized carbons (Fsp3) is 0.0909.